The summed E-state index contributed by atoms with van der Waals surface area (Å²) in [5.41, 5.74) is 6.26. The molecule has 0 N–H and O–H groups in total. The van der Waals surface area contributed by atoms with E-state index < -0.39 is 0 Å². The first-order valence-corrected chi connectivity index (χ1v) is 7.03. The largest absolute Gasteiger partial charge is 0.497 e. The van der Waals surface area contributed by atoms with Crippen LogP contribution in [0.1, 0.15) is 11.1 Å². The van der Waals surface area contributed by atoms with Crippen LogP contribution in [-0.4, -0.2) is 21.2 Å². The number of benzene rings is 2. The van der Waals surface area contributed by atoms with Crippen LogP contribution in [0.4, 0.5) is 5.69 Å². The maximum Gasteiger partial charge on any atom is 0.118 e. The zero-order valence-electron chi connectivity index (χ0n) is 12.6. The second kappa shape index (κ2) is 5.49. The molecule has 1 aliphatic carbocycles. The molecule has 2 aromatic rings. The van der Waals surface area contributed by atoms with Gasteiger partial charge < -0.3 is 9.64 Å². The van der Waals surface area contributed by atoms with Gasteiger partial charge in [0.25, 0.3) is 0 Å². The average Bonchev–Trinajstić information content (AvgIpc) is 2.47. The molecule has 3 rings (SSSR count). The molecule has 0 aromatic heterocycles. The zero-order valence-corrected chi connectivity index (χ0v) is 12.6. The van der Waals surface area contributed by atoms with Gasteiger partial charge in [0.1, 0.15) is 5.75 Å². The van der Waals surface area contributed by atoms with Gasteiger partial charge in [-0.3, -0.25) is 0 Å². The number of hydrogen-bond donors (Lipinski definition) is 0. The fraction of sp³-hybridized carbons (Fsp3) is 0.158. The topological polar surface area (TPSA) is 12.5 Å². The number of anilines is 1. The van der Waals surface area contributed by atoms with Crippen LogP contribution < -0.4 is 9.64 Å². The third-order valence-electron chi connectivity index (χ3n) is 3.76. The summed E-state index contributed by atoms with van der Waals surface area (Å²) in [5, 5.41) is 0. The van der Waals surface area contributed by atoms with Crippen molar-refractivity contribution in [1.29, 1.82) is 0 Å². The third kappa shape index (κ3) is 2.70. The molecule has 106 valence electrons. The van der Waals surface area contributed by atoms with Gasteiger partial charge in [-0.25, -0.2) is 0 Å². The first-order valence-electron chi connectivity index (χ1n) is 7.03. The lowest BCUT2D eigenvalue weighted by molar-refractivity contribution is 0.415. The molecule has 0 atom stereocenters. The number of ether oxygens (including phenoxy) is 1. The Bertz CT molecular complexity index is 691. The minimum Gasteiger partial charge on any atom is -0.497 e. The van der Waals surface area contributed by atoms with Crippen molar-refractivity contribution >= 4 is 16.8 Å². The van der Waals surface area contributed by atoms with Crippen LogP contribution in [0, 0.1) is 0 Å². The van der Waals surface area contributed by atoms with Gasteiger partial charge in [-0.05, 0) is 58.7 Å². The van der Waals surface area contributed by atoms with E-state index in [1.54, 1.807) is 7.11 Å². The summed E-state index contributed by atoms with van der Waals surface area (Å²) in [4.78, 5) is 2.11. The molecule has 0 radical (unpaired) electrons. The number of rotatable bonds is 4. The Labute approximate surface area is 126 Å². The summed E-state index contributed by atoms with van der Waals surface area (Å²) in [7, 11) is 5.80. The van der Waals surface area contributed by atoms with E-state index >= 15 is 0 Å². The van der Waals surface area contributed by atoms with Gasteiger partial charge in [0.05, 0.1) is 7.11 Å². The predicted octanol–water partition coefficient (Wildman–Crippen LogP) is 4.24. The minimum absolute atomic E-state index is 0.891. The van der Waals surface area contributed by atoms with E-state index in [2.05, 4.69) is 67.5 Å². The van der Waals surface area contributed by atoms with Crippen molar-refractivity contribution in [3.8, 4) is 5.75 Å². The van der Waals surface area contributed by atoms with Crippen molar-refractivity contribution in [2.75, 3.05) is 26.1 Å². The molecule has 2 nitrogen and oxygen atoms in total. The maximum atomic E-state index is 5.18. The van der Waals surface area contributed by atoms with Crippen molar-refractivity contribution in [2.24, 2.45) is 0 Å². The lowest BCUT2D eigenvalue weighted by Crippen LogP contribution is -2.08. The van der Waals surface area contributed by atoms with Crippen LogP contribution in [0.3, 0.4) is 0 Å². The Morgan fingerprint density at radius 1 is 0.714 bits per heavy atom. The molecule has 0 amide bonds. The van der Waals surface area contributed by atoms with Crippen molar-refractivity contribution in [1.82, 2.24) is 0 Å². The summed E-state index contributed by atoms with van der Waals surface area (Å²) in [5.74, 6) is 0.891. The van der Waals surface area contributed by atoms with Crippen LogP contribution >= 0.6 is 0 Å². The quantitative estimate of drug-likeness (QED) is 0.828. The predicted molar refractivity (Wildman–Crippen MR) is 89.7 cm³/mol. The number of methoxy groups -OCH3 is 1. The molecule has 0 fully saturated rings. The van der Waals surface area contributed by atoms with Gasteiger partial charge in [0.15, 0.2) is 0 Å². The molecule has 2 heteroatoms. The van der Waals surface area contributed by atoms with Crippen LogP contribution in [-0.2, 0) is 0 Å². The van der Waals surface area contributed by atoms with Crippen molar-refractivity contribution < 1.29 is 4.74 Å². The lowest BCUT2D eigenvalue weighted by atomic mass is 9.89. The van der Waals surface area contributed by atoms with E-state index in [0.717, 1.165) is 5.75 Å². The van der Waals surface area contributed by atoms with E-state index in [9.17, 15) is 0 Å². The summed E-state index contributed by atoms with van der Waals surface area (Å²) >= 11 is 0. The number of nitrogens with zero attached hydrogens (tertiary/aromatic N) is 1. The van der Waals surface area contributed by atoms with Crippen molar-refractivity contribution in [2.45, 2.75) is 0 Å². The van der Waals surface area contributed by atoms with Gasteiger partial charge in [-0.2, -0.15) is 0 Å². The third-order valence-corrected chi connectivity index (χ3v) is 3.76. The summed E-state index contributed by atoms with van der Waals surface area (Å²) in [6.07, 6.45) is 4.46. The fourth-order valence-corrected chi connectivity index (χ4v) is 2.39. The molecular weight excluding hydrogens is 258 g/mol. The number of allylic oxidation sites excluding steroid dienone is 4. The fourth-order valence-electron chi connectivity index (χ4n) is 2.39. The summed E-state index contributed by atoms with van der Waals surface area (Å²) < 4.78 is 5.18. The summed E-state index contributed by atoms with van der Waals surface area (Å²) in [6.45, 7) is 0. The van der Waals surface area contributed by atoms with Gasteiger partial charge in [-0.1, -0.05) is 24.3 Å². The molecule has 0 saturated heterocycles. The monoisotopic (exact) mass is 277 g/mol. The zero-order chi connectivity index (χ0) is 14.8. The molecule has 21 heavy (non-hydrogen) atoms. The van der Waals surface area contributed by atoms with Crippen LogP contribution in [0.2, 0.25) is 0 Å². The maximum absolute atomic E-state index is 5.18. The first kappa shape index (κ1) is 13.5. The number of hydrogen-bond acceptors (Lipinski definition) is 2. The highest BCUT2D eigenvalue weighted by molar-refractivity contribution is 6.01. The average molecular weight is 277 g/mol. The molecule has 0 saturated carbocycles. The smallest absolute Gasteiger partial charge is 0.118 e. The molecule has 2 aromatic carbocycles. The standard InChI is InChI=1S/C19H19NO/c1-20(2)18-8-4-14(5-9-18)16-12-17(13-16)15-6-10-19(21-3)11-7-15/h4-13H,1-3H3. The Morgan fingerprint density at radius 3 is 1.62 bits per heavy atom. The normalized spacial score (nSPS) is 13.1. The Morgan fingerprint density at radius 2 is 1.19 bits per heavy atom. The van der Waals surface area contributed by atoms with E-state index in [-0.39, 0.29) is 0 Å². The van der Waals surface area contributed by atoms with Gasteiger partial charge in [-0.15, -0.1) is 0 Å². The Balaban J connectivity index is 1.73. The highest BCUT2D eigenvalue weighted by Crippen LogP contribution is 2.34. The molecule has 0 heterocycles. The SMILES string of the molecule is COc1ccc(C2=CC(c3ccc(N(C)C)cc3)=C2)cc1. The highest BCUT2D eigenvalue weighted by Gasteiger charge is 2.12. The van der Waals surface area contributed by atoms with E-state index in [1.165, 1.54) is 28.0 Å². The van der Waals surface area contributed by atoms with Crippen molar-refractivity contribution in [3.63, 3.8) is 0 Å². The van der Waals surface area contributed by atoms with Crippen LogP contribution in [0.5, 0.6) is 5.75 Å². The van der Waals surface area contributed by atoms with Gasteiger partial charge in [0.2, 0.25) is 0 Å². The van der Waals surface area contributed by atoms with Crippen molar-refractivity contribution in [3.05, 3.63) is 71.8 Å². The summed E-state index contributed by atoms with van der Waals surface area (Å²) in [6, 6.07) is 16.8. The second-order valence-electron chi connectivity index (χ2n) is 5.37. The second-order valence-corrected chi connectivity index (χ2v) is 5.37. The molecule has 0 unspecified atom stereocenters. The van der Waals surface area contributed by atoms with Crippen LogP contribution in [0.15, 0.2) is 60.7 Å². The first-order chi connectivity index (χ1) is 10.2. The van der Waals surface area contributed by atoms with Gasteiger partial charge >= 0.3 is 0 Å². The van der Waals surface area contributed by atoms with E-state index in [1.807, 2.05) is 12.1 Å². The molecule has 0 bridgehead atoms. The lowest BCUT2D eigenvalue weighted by Gasteiger charge is -2.18. The van der Waals surface area contributed by atoms with E-state index in [0.29, 0.717) is 0 Å². The van der Waals surface area contributed by atoms with Crippen LogP contribution in [0.25, 0.3) is 11.1 Å². The molecule has 1 aliphatic rings. The molecule has 0 aliphatic heterocycles. The Hall–Kier alpha value is -2.48. The minimum atomic E-state index is 0.891. The van der Waals surface area contributed by atoms with E-state index in [4.69, 9.17) is 4.74 Å². The Kier molecular flexibility index (Phi) is 3.53. The molecular formula is C19H19NO. The molecule has 0 spiro atoms. The van der Waals surface area contributed by atoms with Gasteiger partial charge in [0, 0.05) is 19.8 Å². The highest BCUT2D eigenvalue weighted by atomic mass is 16.5.